The monoisotopic (exact) mass is 200 g/mol. The molecule has 0 saturated heterocycles. The van der Waals surface area contributed by atoms with Gasteiger partial charge in [0.05, 0.1) is 0 Å². The van der Waals surface area contributed by atoms with Gasteiger partial charge in [0.25, 0.3) is 5.91 Å². The van der Waals surface area contributed by atoms with E-state index >= 15 is 0 Å². The van der Waals surface area contributed by atoms with E-state index in [2.05, 4.69) is 10.3 Å². The van der Waals surface area contributed by atoms with Gasteiger partial charge >= 0.3 is 0 Å². The maximum atomic E-state index is 11.3. The number of thiazole rings is 1. The van der Waals surface area contributed by atoms with E-state index < -0.39 is 12.0 Å². The molecular weight excluding hydrogens is 188 g/mol. The van der Waals surface area contributed by atoms with Gasteiger partial charge in [-0.1, -0.05) is 13.8 Å². The second kappa shape index (κ2) is 4.34. The third-order valence-corrected chi connectivity index (χ3v) is 2.25. The van der Waals surface area contributed by atoms with E-state index in [9.17, 15) is 9.90 Å². The lowest BCUT2D eigenvalue weighted by Gasteiger charge is -2.12. The number of carbonyl (C=O) groups is 1. The normalized spacial score (nSPS) is 12.9. The smallest absolute Gasteiger partial charge is 0.255 e. The number of rotatable bonds is 3. The summed E-state index contributed by atoms with van der Waals surface area (Å²) in [5, 5.41) is 14.2. The molecular formula is C8H12N2O2S. The predicted octanol–water partition coefficient (Wildman–Crippen LogP) is 1.10. The van der Waals surface area contributed by atoms with Crippen LogP contribution in [0.4, 0.5) is 5.13 Å². The molecule has 4 nitrogen and oxygen atoms in total. The van der Waals surface area contributed by atoms with Gasteiger partial charge in [0.1, 0.15) is 6.10 Å². The molecule has 0 radical (unpaired) electrons. The predicted molar refractivity (Wildman–Crippen MR) is 51.6 cm³/mol. The summed E-state index contributed by atoms with van der Waals surface area (Å²) in [4.78, 5) is 15.1. The standard InChI is InChI=1S/C8H12N2O2S/c1-5(2)6(11)7(12)10-8-9-3-4-13-8/h3-6,11H,1-2H3,(H,9,10,12). The lowest BCUT2D eigenvalue weighted by Crippen LogP contribution is -2.31. The van der Waals surface area contributed by atoms with Crippen molar-refractivity contribution in [2.45, 2.75) is 20.0 Å². The zero-order valence-corrected chi connectivity index (χ0v) is 8.34. The Bertz CT molecular complexity index is 272. The van der Waals surface area contributed by atoms with Crippen LogP contribution in [0.25, 0.3) is 0 Å². The van der Waals surface area contributed by atoms with Crippen LogP contribution in [0.1, 0.15) is 13.8 Å². The summed E-state index contributed by atoms with van der Waals surface area (Å²) in [6.07, 6.45) is 0.631. The van der Waals surface area contributed by atoms with Crippen molar-refractivity contribution >= 4 is 22.4 Å². The summed E-state index contributed by atoms with van der Waals surface area (Å²) >= 11 is 1.33. The van der Waals surface area contributed by atoms with Crippen molar-refractivity contribution in [3.05, 3.63) is 11.6 Å². The van der Waals surface area contributed by atoms with Crippen molar-refractivity contribution in [2.24, 2.45) is 5.92 Å². The van der Waals surface area contributed by atoms with Crippen LogP contribution in [0.3, 0.4) is 0 Å². The molecule has 13 heavy (non-hydrogen) atoms. The molecule has 0 aromatic carbocycles. The Kier molecular flexibility index (Phi) is 3.39. The van der Waals surface area contributed by atoms with Crippen LogP contribution in [0.15, 0.2) is 11.6 Å². The fraction of sp³-hybridized carbons (Fsp3) is 0.500. The summed E-state index contributed by atoms with van der Waals surface area (Å²) in [7, 11) is 0. The number of anilines is 1. The SMILES string of the molecule is CC(C)C(O)C(=O)Nc1nccs1. The molecule has 1 aromatic heterocycles. The highest BCUT2D eigenvalue weighted by atomic mass is 32.1. The van der Waals surface area contributed by atoms with Gasteiger partial charge in [-0.15, -0.1) is 11.3 Å². The van der Waals surface area contributed by atoms with E-state index in [1.165, 1.54) is 11.3 Å². The number of nitrogens with one attached hydrogen (secondary N) is 1. The third kappa shape index (κ3) is 2.78. The van der Waals surface area contributed by atoms with Crippen LogP contribution >= 0.6 is 11.3 Å². The molecule has 72 valence electrons. The highest BCUT2D eigenvalue weighted by molar-refractivity contribution is 7.13. The van der Waals surface area contributed by atoms with Crippen LogP contribution in [-0.2, 0) is 4.79 Å². The molecule has 1 atom stereocenters. The van der Waals surface area contributed by atoms with Gasteiger partial charge in [0.2, 0.25) is 0 Å². The number of nitrogens with zero attached hydrogens (tertiary/aromatic N) is 1. The zero-order chi connectivity index (χ0) is 9.84. The van der Waals surface area contributed by atoms with Crippen LogP contribution < -0.4 is 5.32 Å². The molecule has 0 aliphatic rings. The van der Waals surface area contributed by atoms with Gasteiger partial charge in [-0.25, -0.2) is 4.98 Å². The molecule has 2 N–H and O–H groups in total. The number of carbonyl (C=O) groups excluding carboxylic acids is 1. The minimum Gasteiger partial charge on any atom is -0.383 e. The van der Waals surface area contributed by atoms with Crippen LogP contribution in [0.5, 0.6) is 0 Å². The largest absolute Gasteiger partial charge is 0.383 e. The second-order valence-electron chi connectivity index (χ2n) is 3.02. The van der Waals surface area contributed by atoms with Crippen molar-refractivity contribution in [3.8, 4) is 0 Å². The van der Waals surface area contributed by atoms with Gasteiger partial charge in [0.15, 0.2) is 5.13 Å². The first kappa shape index (κ1) is 10.1. The zero-order valence-electron chi connectivity index (χ0n) is 7.52. The maximum absolute atomic E-state index is 11.3. The number of aliphatic hydroxyl groups excluding tert-OH is 1. The van der Waals surface area contributed by atoms with Crippen molar-refractivity contribution in [1.82, 2.24) is 4.98 Å². The molecule has 1 aromatic rings. The Morgan fingerprint density at radius 1 is 1.69 bits per heavy atom. The molecule has 0 fully saturated rings. The molecule has 0 aliphatic heterocycles. The van der Waals surface area contributed by atoms with E-state index in [1.807, 2.05) is 0 Å². The molecule has 0 spiro atoms. The van der Waals surface area contributed by atoms with Gasteiger partial charge in [0, 0.05) is 11.6 Å². The van der Waals surface area contributed by atoms with Gasteiger partial charge < -0.3 is 5.11 Å². The van der Waals surface area contributed by atoms with Gasteiger partial charge in [-0.2, -0.15) is 0 Å². The molecule has 1 rings (SSSR count). The van der Waals surface area contributed by atoms with Crippen molar-refractivity contribution < 1.29 is 9.90 Å². The fourth-order valence-corrected chi connectivity index (χ4v) is 1.30. The quantitative estimate of drug-likeness (QED) is 0.768. The Morgan fingerprint density at radius 2 is 2.38 bits per heavy atom. The van der Waals surface area contributed by atoms with Crippen molar-refractivity contribution in [2.75, 3.05) is 5.32 Å². The Labute approximate surface area is 80.6 Å². The van der Waals surface area contributed by atoms with Gasteiger partial charge in [-0.3, -0.25) is 10.1 Å². The summed E-state index contributed by atoms with van der Waals surface area (Å²) in [6, 6.07) is 0. The first-order valence-corrected chi connectivity index (χ1v) is 4.87. The van der Waals surface area contributed by atoms with Crippen molar-refractivity contribution in [3.63, 3.8) is 0 Å². The molecule has 0 saturated carbocycles. The topological polar surface area (TPSA) is 62.2 Å². The third-order valence-electron chi connectivity index (χ3n) is 1.56. The number of hydrogen-bond donors (Lipinski definition) is 2. The average Bonchev–Trinajstić information content (AvgIpc) is 2.55. The summed E-state index contributed by atoms with van der Waals surface area (Å²) in [5.74, 6) is -0.482. The number of aliphatic hydroxyl groups is 1. The van der Waals surface area contributed by atoms with Crippen LogP contribution in [0.2, 0.25) is 0 Å². The van der Waals surface area contributed by atoms with Gasteiger partial charge in [-0.05, 0) is 5.92 Å². The van der Waals surface area contributed by atoms with E-state index in [0.29, 0.717) is 5.13 Å². The van der Waals surface area contributed by atoms with E-state index in [4.69, 9.17) is 0 Å². The maximum Gasteiger partial charge on any atom is 0.255 e. The lowest BCUT2D eigenvalue weighted by atomic mass is 10.1. The fourth-order valence-electron chi connectivity index (χ4n) is 0.767. The Hall–Kier alpha value is -0.940. The number of amides is 1. The number of hydrogen-bond acceptors (Lipinski definition) is 4. The molecule has 1 unspecified atom stereocenters. The van der Waals surface area contributed by atoms with E-state index in [0.717, 1.165) is 0 Å². The Balaban J connectivity index is 2.51. The highest BCUT2D eigenvalue weighted by Gasteiger charge is 2.19. The molecule has 0 aliphatic carbocycles. The molecule has 1 amide bonds. The average molecular weight is 200 g/mol. The van der Waals surface area contributed by atoms with Crippen LogP contribution in [-0.4, -0.2) is 22.1 Å². The summed E-state index contributed by atoms with van der Waals surface area (Å²) in [5.41, 5.74) is 0. The first-order chi connectivity index (χ1) is 6.11. The summed E-state index contributed by atoms with van der Waals surface area (Å²) < 4.78 is 0. The molecule has 1 heterocycles. The highest BCUT2D eigenvalue weighted by Crippen LogP contribution is 2.12. The lowest BCUT2D eigenvalue weighted by molar-refractivity contribution is -0.125. The van der Waals surface area contributed by atoms with E-state index in [-0.39, 0.29) is 5.92 Å². The van der Waals surface area contributed by atoms with Crippen LogP contribution in [0, 0.1) is 5.92 Å². The summed E-state index contributed by atoms with van der Waals surface area (Å²) in [6.45, 7) is 3.57. The first-order valence-electron chi connectivity index (χ1n) is 3.99. The Morgan fingerprint density at radius 3 is 2.85 bits per heavy atom. The van der Waals surface area contributed by atoms with E-state index in [1.54, 1.807) is 25.4 Å². The number of aromatic nitrogens is 1. The minimum absolute atomic E-state index is 0.0834. The second-order valence-corrected chi connectivity index (χ2v) is 3.91. The molecule has 5 heteroatoms. The van der Waals surface area contributed by atoms with Crippen molar-refractivity contribution in [1.29, 1.82) is 0 Å². The minimum atomic E-state index is -0.969. The molecule has 0 bridgehead atoms.